The van der Waals surface area contributed by atoms with E-state index in [1.54, 1.807) is 0 Å². The number of likely N-dealkylation sites (tertiary alicyclic amines) is 1. The highest BCUT2D eigenvalue weighted by molar-refractivity contribution is 5.77. The van der Waals surface area contributed by atoms with Crippen molar-refractivity contribution >= 4 is 11.7 Å². The van der Waals surface area contributed by atoms with Crippen LogP contribution in [0, 0.1) is 0 Å². The molecule has 1 atom stereocenters. The molecule has 1 spiro atoms. The minimum atomic E-state index is -0.110. The molecule has 1 aromatic heterocycles. The van der Waals surface area contributed by atoms with Crippen molar-refractivity contribution in [2.24, 2.45) is 0 Å². The number of carbonyl (C=O) groups excluding carboxylic acids is 1. The topological polar surface area (TPSA) is 58.6 Å². The number of aromatic nitrogens is 2. The molecular formula is C22H36N4O2. The van der Waals surface area contributed by atoms with Crippen molar-refractivity contribution in [2.75, 3.05) is 44.8 Å². The molecule has 1 aromatic rings. The lowest BCUT2D eigenvalue weighted by Gasteiger charge is -2.41. The molecule has 1 fully saturated rings. The second kappa shape index (κ2) is 7.97. The van der Waals surface area contributed by atoms with Gasteiger partial charge in [0.25, 0.3) is 0 Å². The van der Waals surface area contributed by atoms with E-state index < -0.39 is 0 Å². The summed E-state index contributed by atoms with van der Waals surface area (Å²) in [7, 11) is 2.11. The van der Waals surface area contributed by atoms with Gasteiger partial charge < -0.3 is 14.5 Å². The molecule has 1 unspecified atom stereocenters. The van der Waals surface area contributed by atoms with Gasteiger partial charge in [-0.05, 0) is 39.5 Å². The first kappa shape index (κ1) is 21.0. The summed E-state index contributed by atoms with van der Waals surface area (Å²) in [4.78, 5) is 26.9. The average molecular weight is 389 g/mol. The standard InChI is InChI=1S/C22H36N4O2/c1-7-25(6)19-16-10-12-22(18(16)23-20(24-19)21(3,4)5)11-9-13-26(15-22)17(27)14-28-8-2/h7-15H2,1-6H3. The molecule has 2 aliphatic rings. The molecule has 156 valence electrons. The maximum absolute atomic E-state index is 12.6. The fraction of sp³-hybridized carbons (Fsp3) is 0.773. The Morgan fingerprint density at radius 1 is 1.25 bits per heavy atom. The first-order chi connectivity index (χ1) is 13.2. The SMILES string of the molecule is CCOCC(=O)N1CCCC2(CCc3c(N(C)CC)nc(C(C)(C)C)nc32)C1. The van der Waals surface area contributed by atoms with Gasteiger partial charge in [-0.1, -0.05) is 20.8 Å². The summed E-state index contributed by atoms with van der Waals surface area (Å²) >= 11 is 0. The van der Waals surface area contributed by atoms with Crippen LogP contribution in [0.4, 0.5) is 5.82 Å². The molecule has 0 radical (unpaired) electrons. The lowest BCUT2D eigenvalue weighted by Crippen LogP contribution is -2.49. The molecule has 1 aliphatic heterocycles. The van der Waals surface area contributed by atoms with Gasteiger partial charge in [-0.15, -0.1) is 0 Å². The monoisotopic (exact) mass is 388 g/mol. The van der Waals surface area contributed by atoms with E-state index in [-0.39, 0.29) is 23.3 Å². The van der Waals surface area contributed by atoms with Crippen molar-refractivity contribution < 1.29 is 9.53 Å². The Hall–Kier alpha value is -1.69. The summed E-state index contributed by atoms with van der Waals surface area (Å²) in [6, 6.07) is 0. The number of carbonyl (C=O) groups is 1. The summed E-state index contributed by atoms with van der Waals surface area (Å²) in [5.41, 5.74) is 2.33. The molecule has 2 heterocycles. The largest absolute Gasteiger partial charge is 0.372 e. The number of amides is 1. The molecule has 3 rings (SSSR count). The van der Waals surface area contributed by atoms with Crippen molar-refractivity contribution in [1.29, 1.82) is 0 Å². The summed E-state index contributed by atoms with van der Waals surface area (Å²) in [6.45, 7) is 13.8. The van der Waals surface area contributed by atoms with Crippen LogP contribution in [0.25, 0.3) is 0 Å². The van der Waals surface area contributed by atoms with Crippen LogP contribution in [0.15, 0.2) is 0 Å². The first-order valence-electron chi connectivity index (χ1n) is 10.7. The normalized spacial score (nSPS) is 21.9. The highest BCUT2D eigenvalue weighted by Gasteiger charge is 2.46. The Labute approximate surface area is 169 Å². The van der Waals surface area contributed by atoms with Gasteiger partial charge in [0, 0.05) is 49.7 Å². The summed E-state index contributed by atoms with van der Waals surface area (Å²) in [5, 5.41) is 0. The quantitative estimate of drug-likeness (QED) is 0.776. The van der Waals surface area contributed by atoms with Gasteiger partial charge in [-0.25, -0.2) is 9.97 Å². The Kier molecular flexibility index (Phi) is 5.99. The van der Waals surface area contributed by atoms with Gasteiger partial charge in [-0.3, -0.25) is 4.79 Å². The van der Waals surface area contributed by atoms with Crippen molar-refractivity contribution in [2.45, 2.75) is 71.1 Å². The van der Waals surface area contributed by atoms with Crippen LogP contribution in [0.3, 0.4) is 0 Å². The Morgan fingerprint density at radius 2 is 2.00 bits per heavy atom. The molecule has 0 aromatic carbocycles. The van der Waals surface area contributed by atoms with Crippen molar-refractivity contribution in [1.82, 2.24) is 14.9 Å². The van der Waals surface area contributed by atoms with Gasteiger partial charge in [0.2, 0.25) is 5.91 Å². The molecule has 6 nitrogen and oxygen atoms in total. The van der Waals surface area contributed by atoms with Gasteiger partial charge in [0.05, 0.1) is 5.69 Å². The third kappa shape index (κ3) is 3.88. The predicted molar refractivity (Wildman–Crippen MR) is 112 cm³/mol. The molecule has 0 saturated carbocycles. The molecule has 1 amide bonds. The Morgan fingerprint density at radius 3 is 2.64 bits per heavy atom. The van der Waals surface area contributed by atoms with Crippen LogP contribution < -0.4 is 4.90 Å². The maximum Gasteiger partial charge on any atom is 0.248 e. The third-order valence-corrected chi connectivity index (χ3v) is 6.21. The Balaban J connectivity index is 2.00. The molecule has 1 saturated heterocycles. The van der Waals surface area contributed by atoms with Crippen LogP contribution in [0.1, 0.15) is 71.0 Å². The molecular weight excluding hydrogens is 352 g/mol. The highest BCUT2D eigenvalue weighted by atomic mass is 16.5. The number of rotatable bonds is 5. The van der Waals surface area contributed by atoms with Crippen LogP contribution in [-0.4, -0.2) is 60.7 Å². The third-order valence-electron chi connectivity index (χ3n) is 6.21. The van der Waals surface area contributed by atoms with Crippen molar-refractivity contribution in [3.63, 3.8) is 0 Å². The minimum Gasteiger partial charge on any atom is -0.372 e. The number of nitrogens with zero attached hydrogens (tertiary/aromatic N) is 4. The maximum atomic E-state index is 12.6. The number of hydrogen-bond donors (Lipinski definition) is 0. The summed E-state index contributed by atoms with van der Waals surface area (Å²) in [5.74, 6) is 2.08. The number of piperidine rings is 1. The molecule has 1 aliphatic carbocycles. The van der Waals surface area contributed by atoms with E-state index in [0.29, 0.717) is 6.61 Å². The zero-order valence-corrected chi connectivity index (χ0v) is 18.5. The lowest BCUT2D eigenvalue weighted by molar-refractivity contribution is -0.138. The smallest absolute Gasteiger partial charge is 0.248 e. The molecule has 28 heavy (non-hydrogen) atoms. The lowest BCUT2D eigenvalue weighted by atomic mass is 9.77. The summed E-state index contributed by atoms with van der Waals surface area (Å²) < 4.78 is 5.37. The first-order valence-corrected chi connectivity index (χ1v) is 10.7. The van der Waals surface area contributed by atoms with E-state index in [1.165, 1.54) is 11.3 Å². The van der Waals surface area contributed by atoms with E-state index in [2.05, 4.69) is 39.6 Å². The van der Waals surface area contributed by atoms with Crippen molar-refractivity contribution in [3.05, 3.63) is 17.1 Å². The van der Waals surface area contributed by atoms with Gasteiger partial charge in [-0.2, -0.15) is 0 Å². The van der Waals surface area contributed by atoms with Crippen LogP contribution >= 0.6 is 0 Å². The zero-order valence-electron chi connectivity index (χ0n) is 18.5. The van der Waals surface area contributed by atoms with E-state index in [9.17, 15) is 4.79 Å². The van der Waals surface area contributed by atoms with Gasteiger partial charge >= 0.3 is 0 Å². The minimum absolute atomic E-state index is 0.0400. The molecule has 6 heteroatoms. The number of ether oxygens (including phenoxy) is 1. The fourth-order valence-corrected chi connectivity index (χ4v) is 4.45. The zero-order chi connectivity index (χ0) is 20.5. The molecule has 0 N–H and O–H groups in total. The van der Waals surface area contributed by atoms with E-state index in [4.69, 9.17) is 14.7 Å². The van der Waals surface area contributed by atoms with Crippen LogP contribution in [-0.2, 0) is 26.8 Å². The molecule has 0 bridgehead atoms. The summed E-state index contributed by atoms with van der Waals surface area (Å²) in [6.07, 6.45) is 4.15. The average Bonchev–Trinajstić information content (AvgIpc) is 3.02. The number of fused-ring (bicyclic) bond motifs is 2. The van der Waals surface area contributed by atoms with E-state index in [1.807, 2.05) is 11.8 Å². The van der Waals surface area contributed by atoms with Gasteiger partial charge in [0.15, 0.2) is 0 Å². The van der Waals surface area contributed by atoms with E-state index in [0.717, 1.165) is 57.0 Å². The second-order valence-corrected chi connectivity index (χ2v) is 9.30. The van der Waals surface area contributed by atoms with Crippen LogP contribution in [0.5, 0.6) is 0 Å². The van der Waals surface area contributed by atoms with E-state index >= 15 is 0 Å². The van der Waals surface area contributed by atoms with Gasteiger partial charge in [0.1, 0.15) is 18.2 Å². The number of hydrogen-bond acceptors (Lipinski definition) is 5. The fourth-order valence-electron chi connectivity index (χ4n) is 4.45. The highest BCUT2D eigenvalue weighted by Crippen LogP contribution is 2.47. The van der Waals surface area contributed by atoms with Crippen LogP contribution in [0.2, 0.25) is 0 Å². The number of anilines is 1. The second-order valence-electron chi connectivity index (χ2n) is 9.30. The van der Waals surface area contributed by atoms with Crippen molar-refractivity contribution in [3.8, 4) is 0 Å². The Bertz CT molecular complexity index is 728. The predicted octanol–water partition coefficient (Wildman–Crippen LogP) is 3.07.